The van der Waals surface area contributed by atoms with Crippen LogP contribution in [-0.2, 0) is 9.59 Å². The molecule has 0 saturated heterocycles. The van der Waals surface area contributed by atoms with Crippen molar-refractivity contribution >= 4 is 11.9 Å². The van der Waals surface area contributed by atoms with E-state index in [9.17, 15) is 9.59 Å². The number of nitrogens with zero attached hydrogens (tertiary/aromatic N) is 1. The third kappa shape index (κ3) is 5.19. The molecule has 0 aromatic rings. The lowest BCUT2D eigenvalue weighted by Gasteiger charge is -2.36. The van der Waals surface area contributed by atoms with Crippen LogP contribution in [0.4, 0.5) is 0 Å². The summed E-state index contributed by atoms with van der Waals surface area (Å²) in [6.07, 6.45) is 6.24. The van der Waals surface area contributed by atoms with E-state index < -0.39 is 11.4 Å². The first-order chi connectivity index (χ1) is 8.83. The SMILES string of the molecule is CN(CC(C)(C)C(=O)NCC(=O)O)C1CCCCC1. The van der Waals surface area contributed by atoms with Gasteiger partial charge in [0, 0.05) is 12.6 Å². The summed E-state index contributed by atoms with van der Waals surface area (Å²) in [4.78, 5) is 24.7. The van der Waals surface area contributed by atoms with Crippen LogP contribution in [0.25, 0.3) is 0 Å². The zero-order chi connectivity index (χ0) is 14.5. The summed E-state index contributed by atoms with van der Waals surface area (Å²) in [6, 6.07) is 0.556. The maximum atomic E-state index is 12.0. The lowest BCUT2D eigenvalue weighted by Crippen LogP contribution is -2.48. The number of nitrogens with one attached hydrogen (secondary N) is 1. The van der Waals surface area contributed by atoms with Crippen molar-refractivity contribution in [1.29, 1.82) is 0 Å². The van der Waals surface area contributed by atoms with Crippen LogP contribution in [0.1, 0.15) is 46.0 Å². The Morgan fingerprint density at radius 3 is 2.37 bits per heavy atom. The van der Waals surface area contributed by atoms with Gasteiger partial charge in [-0.1, -0.05) is 19.3 Å². The average Bonchev–Trinajstić information content (AvgIpc) is 2.36. The molecule has 1 amide bonds. The summed E-state index contributed by atoms with van der Waals surface area (Å²) < 4.78 is 0. The number of amides is 1. The van der Waals surface area contributed by atoms with E-state index in [-0.39, 0.29) is 12.5 Å². The van der Waals surface area contributed by atoms with Crippen LogP contribution in [0.3, 0.4) is 0 Å². The predicted molar refractivity (Wildman–Crippen MR) is 73.9 cm³/mol. The van der Waals surface area contributed by atoms with E-state index in [1.54, 1.807) is 0 Å². The minimum atomic E-state index is -1.01. The Labute approximate surface area is 115 Å². The molecule has 1 saturated carbocycles. The molecular weight excluding hydrogens is 244 g/mol. The molecule has 1 fully saturated rings. The number of hydrogen-bond donors (Lipinski definition) is 2. The molecule has 1 aliphatic carbocycles. The first kappa shape index (κ1) is 16.0. The largest absolute Gasteiger partial charge is 0.480 e. The smallest absolute Gasteiger partial charge is 0.322 e. The van der Waals surface area contributed by atoms with Crippen molar-refractivity contribution in [3.8, 4) is 0 Å². The van der Waals surface area contributed by atoms with Crippen LogP contribution in [0.15, 0.2) is 0 Å². The molecule has 0 radical (unpaired) electrons. The van der Waals surface area contributed by atoms with Gasteiger partial charge in [-0.3, -0.25) is 9.59 Å². The van der Waals surface area contributed by atoms with Crippen molar-refractivity contribution in [2.75, 3.05) is 20.1 Å². The Bertz CT molecular complexity index is 323. The van der Waals surface area contributed by atoms with Crippen LogP contribution in [-0.4, -0.2) is 48.1 Å². The van der Waals surface area contributed by atoms with E-state index in [4.69, 9.17) is 5.11 Å². The van der Waals surface area contributed by atoms with E-state index >= 15 is 0 Å². The number of carbonyl (C=O) groups is 2. The molecule has 0 aromatic carbocycles. The average molecular weight is 270 g/mol. The summed E-state index contributed by atoms with van der Waals surface area (Å²) in [5, 5.41) is 11.1. The van der Waals surface area contributed by atoms with E-state index in [0.29, 0.717) is 12.6 Å². The van der Waals surface area contributed by atoms with Crippen molar-refractivity contribution in [3.63, 3.8) is 0 Å². The number of hydrogen-bond acceptors (Lipinski definition) is 3. The highest BCUT2D eigenvalue weighted by Gasteiger charge is 2.31. The van der Waals surface area contributed by atoms with Crippen LogP contribution in [0.5, 0.6) is 0 Å². The third-order valence-electron chi connectivity index (χ3n) is 3.86. The Hall–Kier alpha value is -1.10. The fraction of sp³-hybridized carbons (Fsp3) is 0.857. The van der Waals surface area contributed by atoms with Crippen LogP contribution in [0.2, 0.25) is 0 Å². The molecule has 0 heterocycles. The summed E-state index contributed by atoms with van der Waals surface area (Å²) in [5.74, 6) is -1.21. The van der Waals surface area contributed by atoms with E-state index in [0.717, 1.165) is 0 Å². The molecule has 0 unspecified atom stereocenters. The normalized spacial score (nSPS) is 17.5. The molecule has 5 heteroatoms. The highest BCUT2D eigenvalue weighted by Crippen LogP contribution is 2.25. The van der Waals surface area contributed by atoms with Gasteiger partial charge >= 0.3 is 5.97 Å². The molecule has 0 aliphatic heterocycles. The van der Waals surface area contributed by atoms with Crippen molar-refractivity contribution < 1.29 is 14.7 Å². The van der Waals surface area contributed by atoms with Gasteiger partial charge in [0.05, 0.1) is 5.41 Å². The standard InChI is InChI=1S/C14H26N2O3/c1-14(2,13(19)15-9-12(17)18)10-16(3)11-7-5-4-6-8-11/h11H,4-10H2,1-3H3,(H,15,19)(H,17,18). The maximum Gasteiger partial charge on any atom is 0.322 e. The molecule has 19 heavy (non-hydrogen) atoms. The fourth-order valence-corrected chi connectivity index (χ4v) is 2.74. The second-order valence-corrected chi connectivity index (χ2v) is 6.17. The number of carbonyl (C=O) groups excluding carboxylic acids is 1. The second-order valence-electron chi connectivity index (χ2n) is 6.17. The van der Waals surface area contributed by atoms with Crippen LogP contribution < -0.4 is 5.32 Å². The Balaban J connectivity index is 2.47. The lowest BCUT2D eigenvalue weighted by molar-refractivity contribution is -0.140. The minimum absolute atomic E-state index is 0.197. The summed E-state index contributed by atoms with van der Waals surface area (Å²) in [5.41, 5.74) is -0.568. The highest BCUT2D eigenvalue weighted by atomic mass is 16.4. The van der Waals surface area contributed by atoms with Gasteiger partial charge in [-0.2, -0.15) is 0 Å². The van der Waals surface area contributed by atoms with Crippen LogP contribution in [0, 0.1) is 5.41 Å². The Morgan fingerprint density at radius 2 is 1.84 bits per heavy atom. The molecule has 1 aliphatic rings. The number of aliphatic carboxylic acids is 1. The zero-order valence-corrected chi connectivity index (χ0v) is 12.2. The molecule has 0 bridgehead atoms. The van der Waals surface area contributed by atoms with Gasteiger partial charge < -0.3 is 15.3 Å². The van der Waals surface area contributed by atoms with E-state index in [1.807, 2.05) is 13.8 Å². The molecule has 0 aromatic heterocycles. The quantitative estimate of drug-likeness (QED) is 0.767. The first-order valence-electron chi connectivity index (χ1n) is 7.03. The van der Waals surface area contributed by atoms with Gasteiger partial charge in [-0.15, -0.1) is 0 Å². The molecule has 2 N–H and O–H groups in total. The zero-order valence-electron chi connectivity index (χ0n) is 12.2. The molecular formula is C14H26N2O3. The van der Waals surface area contributed by atoms with Gasteiger partial charge in [0.2, 0.25) is 5.91 Å². The van der Waals surface area contributed by atoms with Gasteiger partial charge in [-0.25, -0.2) is 0 Å². The first-order valence-corrected chi connectivity index (χ1v) is 7.03. The van der Waals surface area contributed by atoms with Crippen molar-refractivity contribution in [3.05, 3.63) is 0 Å². The van der Waals surface area contributed by atoms with Crippen molar-refractivity contribution in [2.24, 2.45) is 5.41 Å². The number of carboxylic acids is 1. The van der Waals surface area contributed by atoms with Gasteiger partial charge in [0.1, 0.15) is 6.54 Å². The molecule has 1 rings (SSSR count). The Morgan fingerprint density at radius 1 is 1.26 bits per heavy atom. The van der Waals surface area contributed by atoms with Crippen LogP contribution >= 0.6 is 0 Å². The maximum absolute atomic E-state index is 12.0. The monoisotopic (exact) mass is 270 g/mol. The molecule has 110 valence electrons. The Kier molecular flexibility index (Phi) is 5.79. The summed E-state index contributed by atoms with van der Waals surface area (Å²) in [7, 11) is 2.06. The second kappa shape index (κ2) is 6.89. The van der Waals surface area contributed by atoms with Gasteiger partial charge in [-0.05, 0) is 33.7 Å². The van der Waals surface area contributed by atoms with Crippen molar-refractivity contribution in [2.45, 2.75) is 52.0 Å². The fourth-order valence-electron chi connectivity index (χ4n) is 2.74. The molecule has 5 nitrogen and oxygen atoms in total. The predicted octanol–water partition coefficient (Wildman–Crippen LogP) is 1.48. The van der Waals surface area contributed by atoms with Crippen molar-refractivity contribution in [1.82, 2.24) is 10.2 Å². The molecule has 0 spiro atoms. The van der Waals surface area contributed by atoms with Gasteiger partial charge in [0.25, 0.3) is 0 Å². The third-order valence-corrected chi connectivity index (χ3v) is 3.86. The number of carboxylic acid groups (broad SMARTS) is 1. The topological polar surface area (TPSA) is 69.6 Å². The lowest BCUT2D eigenvalue weighted by atomic mass is 9.88. The summed E-state index contributed by atoms with van der Waals surface area (Å²) >= 11 is 0. The van der Waals surface area contributed by atoms with Gasteiger partial charge in [0.15, 0.2) is 0 Å². The minimum Gasteiger partial charge on any atom is -0.480 e. The molecule has 0 atom stereocenters. The van der Waals surface area contributed by atoms with E-state index in [2.05, 4.69) is 17.3 Å². The summed E-state index contributed by atoms with van der Waals surface area (Å²) in [6.45, 7) is 4.07. The number of rotatable bonds is 6. The van der Waals surface area contributed by atoms with E-state index in [1.165, 1.54) is 32.1 Å². The highest BCUT2D eigenvalue weighted by molar-refractivity contribution is 5.85.